The number of sulfonamides is 1. The average molecular weight is 273 g/mol. The molecule has 0 bridgehead atoms. The minimum atomic E-state index is -3.77. The Hall–Kier alpha value is -1.67. The van der Waals surface area contributed by atoms with Crippen molar-refractivity contribution in [1.82, 2.24) is 0 Å². The molecule has 1 aliphatic rings. The van der Waals surface area contributed by atoms with Crippen molar-refractivity contribution in [2.24, 2.45) is 5.14 Å². The van der Waals surface area contributed by atoms with E-state index in [1.54, 1.807) is 0 Å². The molecule has 1 fully saturated rings. The van der Waals surface area contributed by atoms with Gasteiger partial charge in [-0.2, -0.15) is 0 Å². The monoisotopic (exact) mass is 273 g/mol. The van der Waals surface area contributed by atoms with Crippen molar-refractivity contribution in [1.29, 1.82) is 0 Å². The molecule has 0 spiro atoms. The van der Waals surface area contributed by atoms with Crippen LogP contribution in [-0.2, 0) is 14.8 Å². The van der Waals surface area contributed by atoms with Gasteiger partial charge in [0.05, 0.1) is 11.4 Å². The molecule has 4 N–H and O–H groups in total. The molecule has 1 aliphatic heterocycles. The SMILES string of the molecule is Nc1cc(F)ccc1N1CC(S(N)(=O)=O)CC1=O. The Morgan fingerprint density at radius 1 is 1.39 bits per heavy atom. The number of rotatable bonds is 2. The maximum atomic E-state index is 12.9. The van der Waals surface area contributed by atoms with E-state index in [9.17, 15) is 17.6 Å². The van der Waals surface area contributed by atoms with Gasteiger partial charge in [0.25, 0.3) is 0 Å². The van der Waals surface area contributed by atoms with Gasteiger partial charge in [0.15, 0.2) is 0 Å². The molecule has 1 heterocycles. The van der Waals surface area contributed by atoms with E-state index in [1.807, 2.05) is 0 Å². The lowest BCUT2D eigenvalue weighted by atomic mass is 10.2. The second-order valence-corrected chi connectivity index (χ2v) is 5.97. The third kappa shape index (κ3) is 2.29. The summed E-state index contributed by atoms with van der Waals surface area (Å²) < 4.78 is 35.3. The van der Waals surface area contributed by atoms with Gasteiger partial charge in [-0.25, -0.2) is 17.9 Å². The summed E-state index contributed by atoms with van der Waals surface area (Å²) in [5, 5.41) is 4.06. The summed E-state index contributed by atoms with van der Waals surface area (Å²) in [6.07, 6.45) is -0.185. The van der Waals surface area contributed by atoms with Crippen LogP contribution in [0.2, 0.25) is 0 Å². The van der Waals surface area contributed by atoms with Crippen molar-refractivity contribution in [3.8, 4) is 0 Å². The number of amides is 1. The maximum absolute atomic E-state index is 12.9. The van der Waals surface area contributed by atoms with Crippen LogP contribution >= 0.6 is 0 Å². The van der Waals surface area contributed by atoms with Crippen LogP contribution in [0.3, 0.4) is 0 Å². The molecule has 1 atom stereocenters. The molecule has 0 radical (unpaired) electrons. The Bertz CT molecular complexity index is 602. The Labute approximate surface area is 103 Å². The number of primary sulfonamides is 1. The topological polar surface area (TPSA) is 106 Å². The summed E-state index contributed by atoms with van der Waals surface area (Å²) in [7, 11) is -3.77. The number of nitrogens with two attached hydrogens (primary N) is 2. The smallest absolute Gasteiger partial charge is 0.228 e. The zero-order valence-corrected chi connectivity index (χ0v) is 10.2. The van der Waals surface area contributed by atoms with E-state index in [0.717, 1.165) is 12.1 Å². The quantitative estimate of drug-likeness (QED) is 0.728. The number of carbonyl (C=O) groups is 1. The standard InChI is InChI=1S/C10H12FN3O3S/c11-6-1-2-9(8(12)3-6)14-5-7(4-10(14)15)18(13,16)17/h1-3,7H,4-5,12H2,(H2,13,16,17). The molecule has 2 rings (SSSR count). The van der Waals surface area contributed by atoms with Crippen LogP contribution in [0.5, 0.6) is 0 Å². The van der Waals surface area contributed by atoms with Gasteiger partial charge < -0.3 is 10.6 Å². The van der Waals surface area contributed by atoms with Crippen LogP contribution in [0.15, 0.2) is 18.2 Å². The Morgan fingerprint density at radius 2 is 2.06 bits per heavy atom. The lowest BCUT2D eigenvalue weighted by molar-refractivity contribution is -0.117. The molecule has 1 unspecified atom stereocenters. The first-order chi connectivity index (χ1) is 8.29. The summed E-state index contributed by atoms with van der Waals surface area (Å²) in [5.74, 6) is -0.918. The van der Waals surface area contributed by atoms with E-state index >= 15 is 0 Å². The van der Waals surface area contributed by atoms with Gasteiger partial charge in [0.1, 0.15) is 11.1 Å². The van der Waals surface area contributed by atoms with E-state index in [-0.39, 0.29) is 18.7 Å². The number of hydrogen-bond acceptors (Lipinski definition) is 4. The molecule has 0 aromatic heterocycles. The summed E-state index contributed by atoms with van der Waals surface area (Å²) >= 11 is 0. The number of nitrogens with zero attached hydrogens (tertiary/aromatic N) is 1. The number of nitrogen functional groups attached to an aromatic ring is 1. The first kappa shape index (κ1) is 12.8. The minimum Gasteiger partial charge on any atom is -0.397 e. The zero-order valence-electron chi connectivity index (χ0n) is 9.34. The second kappa shape index (κ2) is 4.21. The van der Waals surface area contributed by atoms with Gasteiger partial charge in [0.2, 0.25) is 15.9 Å². The minimum absolute atomic E-state index is 0.0620. The molecule has 0 saturated carbocycles. The third-order valence-electron chi connectivity index (χ3n) is 2.83. The molecule has 1 aromatic rings. The van der Waals surface area contributed by atoms with Crippen LogP contribution < -0.4 is 15.8 Å². The lowest BCUT2D eigenvalue weighted by Gasteiger charge is -2.18. The molecule has 6 nitrogen and oxygen atoms in total. The van der Waals surface area contributed by atoms with Gasteiger partial charge in [-0.3, -0.25) is 4.79 Å². The van der Waals surface area contributed by atoms with E-state index in [2.05, 4.69) is 0 Å². The molecule has 1 amide bonds. The summed E-state index contributed by atoms with van der Waals surface area (Å²) in [5.41, 5.74) is 5.98. The first-order valence-electron chi connectivity index (χ1n) is 5.16. The zero-order chi connectivity index (χ0) is 13.5. The van der Waals surface area contributed by atoms with Crippen LogP contribution in [0.4, 0.5) is 15.8 Å². The van der Waals surface area contributed by atoms with Crippen molar-refractivity contribution >= 4 is 27.3 Å². The lowest BCUT2D eigenvalue weighted by Crippen LogP contribution is -2.32. The molecule has 18 heavy (non-hydrogen) atoms. The Balaban J connectivity index is 2.33. The number of anilines is 2. The van der Waals surface area contributed by atoms with Crippen molar-refractivity contribution in [2.75, 3.05) is 17.2 Å². The highest BCUT2D eigenvalue weighted by atomic mass is 32.2. The highest BCUT2D eigenvalue weighted by molar-refractivity contribution is 7.89. The van der Waals surface area contributed by atoms with Crippen molar-refractivity contribution in [3.63, 3.8) is 0 Å². The molecular formula is C10H12FN3O3S. The second-order valence-electron chi connectivity index (χ2n) is 4.12. The number of halogens is 1. The van der Waals surface area contributed by atoms with Crippen LogP contribution in [0.25, 0.3) is 0 Å². The first-order valence-corrected chi connectivity index (χ1v) is 6.77. The van der Waals surface area contributed by atoms with E-state index in [1.165, 1.54) is 11.0 Å². The van der Waals surface area contributed by atoms with E-state index < -0.39 is 27.0 Å². The summed E-state index contributed by atoms with van der Waals surface area (Å²) in [6, 6.07) is 3.57. The molecule has 1 aromatic carbocycles. The fourth-order valence-electron chi connectivity index (χ4n) is 1.90. The fourth-order valence-corrected chi connectivity index (χ4v) is 2.63. The summed E-state index contributed by atoms with van der Waals surface area (Å²) in [4.78, 5) is 12.9. The number of hydrogen-bond donors (Lipinski definition) is 2. The molecule has 1 saturated heterocycles. The normalized spacial score (nSPS) is 20.4. The molecule has 0 aliphatic carbocycles. The highest BCUT2D eigenvalue weighted by Gasteiger charge is 2.37. The van der Waals surface area contributed by atoms with Crippen molar-refractivity contribution < 1.29 is 17.6 Å². The Kier molecular flexibility index (Phi) is 2.99. The average Bonchev–Trinajstić information content (AvgIpc) is 2.60. The van der Waals surface area contributed by atoms with E-state index in [4.69, 9.17) is 10.9 Å². The maximum Gasteiger partial charge on any atom is 0.228 e. The summed E-state index contributed by atoms with van der Waals surface area (Å²) in [6.45, 7) is -0.0620. The van der Waals surface area contributed by atoms with Gasteiger partial charge in [-0.05, 0) is 18.2 Å². The predicted octanol–water partition coefficient (Wildman–Crippen LogP) is -0.198. The molecule has 98 valence electrons. The van der Waals surface area contributed by atoms with Gasteiger partial charge in [-0.15, -0.1) is 0 Å². The van der Waals surface area contributed by atoms with Crippen LogP contribution in [0, 0.1) is 5.82 Å². The van der Waals surface area contributed by atoms with Gasteiger partial charge in [-0.1, -0.05) is 0 Å². The number of benzene rings is 1. The third-order valence-corrected chi connectivity index (χ3v) is 4.08. The largest absolute Gasteiger partial charge is 0.397 e. The highest BCUT2D eigenvalue weighted by Crippen LogP contribution is 2.29. The van der Waals surface area contributed by atoms with Crippen molar-refractivity contribution in [2.45, 2.75) is 11.7 Å². The molecule has 8 heteroatoms. The van der Waals surface area contributed by atoms with E-state index in [0.29, 0.717) is 5.69 Å². The van der Waals surface area contributed by atoms with Crippen molar-refractivity contribution in [3.05, 3.63) is 24.0 Å². The van der Waals surface area contributed by atoms with Crippen LogP contribution in [-0.4, -0.2) is 26.1 Å². The fraction of sp³-hybridized carbons (Fsp3) is 0.300. The number of carbonyl (C=O) groups excluding carboxylic acids is 1. The predicted molar refractivity (Wildman–Crippen MR) is 64.7 cm³/mol. The van der Waals surface area contributed by atoms with Gasteiger partial charge >= 0.3 is 0 Å². The van der Waals surface area contributed by atoms with Gasteiger partial charge in [0, 0.05) is 13.0 Å². The van der Waals surface area contributed by atoms with Crippen LogP contribution in [0.1, 0.15) is 6.42 Å². The molecular weight excluding hydrogens is 261 g/mol. The Morgan fingerprint density at radius 3 is 2.56 bits per heavy atom.